The van der Waals surface area contributed by atoms with Gasteiger partial charge in [0.15, 0.2) is 6.10 Å². The van der Waals surface area contributed by atoms with Crippen molar-refractivity contribution in [1.82, 2.24) is 0 Å². The van der Waals surface area contributed by atoms with Gasteiger partial charge in [-0.05, 0) is 105 Å². The van der Waals surface area contributed by atoms with Gasteiger partial charge in [-0.25, -0.2) is 4.79 Å². The number of rotatable bonds is 4. The Hall–Kier alpha value is -0.570. The average Bonchev–Trinajstić information content (AvgIpc) is 3.20. The number of esters is 1. The molecule has 0 aromatic heterocycles. The van der Waals surface area contributed by atoms with Gasteiger partial charge in [0.2, 0.25) is 0 Å². The minimum Gasteiger partial charge on any atom is -0.467 e. The first-order valence-electron chi connectivity index (χ1n) is 15.1. The van der Waals surface area contributed by atoms with Crippen molar-refractivity contribution in [3.05, 3.63) is 0 Å². The molecule has 3 heteroatoms. The Morgan fingerprint density at radius 3 is 2.12 bits per heavy atom. The Morgan fingerprint density at radius 2 is 1.50 bits per heavy atom. The van der Waals surface area contributed by atoms with E-state index in [1.165, 1.54) is 77.7 Å². The third kappa shape index (κ3) is 6.60. The number of aliphatic hydroxyl groups excluding tert-OH is 1. The van der Waals surface area contributed by atoms with Crippen LogP contribution in [0.1, 0.15) is 139 Å². The van der Waals surface area contributed by atoms with Crippen LogP contribution in [0.4, 0.5) is 0 Å². The second-order valence-electron chi connectivity index (χ2n) is 11.5. The van der Waals surface area contributed by atoms with Crippen LogP contribution in [0, 0.1) is 40.4 Å². The third-order valence-electron chi connectivity index (χ3n) is 10.0. The molecule has 202 valence electrons. The number of hydrogen-bond acceptors (Lipinski definition) is 3. The van der Waals surface area contributed by atoms with Crippen molar-refractivity contribution < 1.29 is 14.6 Å². The zero-order valence-electron chi connectivity index (χ0n) is 24.4. The standard InChI is InChI=1S/C24H40O3.C3H8.2C2H6/c1-23-14-5-4-6-16(23)7-10-18-19-11-8-17(9-12-21(25)22(26)27-3)24(19,2)15-13-20(18)23;1-3-2;2*1-2/h16-21,25H,4-15H2,1-3H3;3H2,1-2H3;2*1-2H3/t16?,17-,18?,19?,20?,21?,23?,24?;;;/m1.../s1. The molecule has 3 nitrogen and oxygen atoms in total. The molecule has 4 saturated carbocycles. The van der Waals surface area contributed by atoms with Gasteiger partial charge in [0.05, 0.1) is 7.11 Å². The van der Waals surface area contributed by atoms with Crippen LogP contribution in [0.3, 0.4) is 0 Å². The summed E-state index contributed by atoms with van der Waals surface area (Å²) < 4.78 is 4.70. The Morgan fingerprint density at radius 1 is 0.882 bits per heavy atom. The molecule has 4 aliphatic carbocycles. The molecule has 4 rings (SSSR count). The molecule has 0 radical (unpaired) electrons. The highest BCUT2D eigenvalue weighted by Crippen LogP contribution is 2.67. The number of hydrogen-bond donors (Lipinski definition) is 1. The summed E-state index contributed by atoms with van der Waals surface area (Å²) in [6.07, 6.45) is 16.1. The number of carbonyl (C=O) groups excluding carboxylic acids is 1. The largest absolute Gasteiger partial charge is 0.467 e. The molecular formula is C31H60O3. The van der Waals surface area contributed by atoms with E-state index in [1.54, 1.807) is 0 Å². The fraction of sp³-hybridized carbons (Fsp3) is 0.968. The molecule has 4 aliphatic rings. The summed E-state index contributed by atoms with van der Waals surface area (Å²) in [5.41, 5.74) is 1.04. The van der Waals surface area contributed by atoms with Crippen molar-refractivity contribution in [2.24, 2.45) is 40.4 Å². The predicted molar refractivity (Wildman–Crippen MR) is 146 cm³/mol. The fourth-order valence-corrected chi connectivity index (χ4v) is 8.49. The summed E-state index contributed by atoms with van der Waals surface area (Å²) in [4.78, 5) is 11.6. The normalized spacial score (nSPS) is 38.6. The Labute approximate surface area is 213 Å². The van der Waals surface area contributed by atoms with E-state index in [-0.39, 0.29) is 0 Å². The van der Waals surface area contributed by atoms with Crippen LogP contribution < -0.4 is 0 Å². The Bertz CT molecular complexity index is 575. The van der Waals surface area contributed by atoms with Crippen molar-refractivity contribution in [1.29, 1.82) is 0 Å². The maximum Gasteiger partial charge on any atom is 0.334 e. The van der Waals surface area contributed by atoms with Crippen LogP contribution in [0.5, 0.6) is 0 Å². The summed E-state index contributed by atoms with van der Waals surface area (Å²) in [6.45, 7) is 17.4. The van der Waals surface area contributed by atoms with Crippen molar-refractivity contribution in [2.75, 3.05) is 7.11 Å². The molecule has 0 saturated heterocycles. The van der Waals surface area contributed by atoms with E-state index in [4.69, 9.17) is 4.74 Å². The van der Waals surface area contributed by atoms with Crippen LogP contribution in [-0.4, -0.2) is 24.3 Å². The van der Waals surface area contributed by atoms with E-state index >= 15 is 0 Å². The SMILES string of the molecule is CC.CC.CCC.COC(=O)C(O)CC[C@H]1CCC2C3CCC4CCCCC4(C)C3CCC21C. The predicted octanol–water partition coefficient (Wildman–Crippen LogP) is 8.82. The van der Waals surface area contributed by atoms with Gasteiger partial charge in [0, 0.05) is 0 Å². The van der Waals surface area contributed by atoms with Crippen LogP contribution in [-0.2, 0) is 9.53 Å². The van der Waals surface area contributed by atoms with E-state index < -0.39 is 12.1 Å². The summed E-state index contributed by atoms with van der Waals surface area (Å²) in [5.74, 6) is 3.94. The van der Waals surface area contributed by atoms with E-state index in [0.717, 1.165) is 30.1 Å². The van der Waals surface area contributed by atoms with E-state index in [0.29, 0.717) is 23.2 Å². The molecule has 0 heterocycles. The molecular weight excluding hydrogens is 420 g/mol. The van der Waals surface area contributed by atoms with Crippen molar-refractivity contribution >= 4 is 5.97 Å². The maximum absolute atomic E-state index is 11.6. The second kappa shape index (κ2) is 14.9. The van der Waals surface area contributed by atoms with Gasteiger partial charge in [-0.15, -0.1) is 0 Å². The van der Waals surface area contributed by atoms with Gasteiger partial charge in [-0.3, -0.25) is 0 Å². The highest BCUT2D eigenvalue weighted by atomic mass is 16.5. The Kier molecular flexibility index (Phi) is 13.8. The lowest BCUT2D eigenvalue weighted by Gasteiger charge is -2.60. The molecule has 0 aromatic carbocycles. The quantitative estimate of drug-likeness (QED) is 0.409. The molecule has 8 atom stereocenters. The minimum atomic E-state index is -0.939. The van der Waals surface area contributed by atoms with E-state index in [1.807, 2.05) is 27.7 Å². The van der Waals surface area contributed by atoms with Gasteiger partial charge < -0.3 is 9.84 Å². The fourth-order valence-electron chi connectivity index (χ4n) is 8.49. The molecule has 0 aromatic rings. The van der Waals surface area contributed by atoms with Crippen LogP contribution >= 0.6 is 0 Å². The molecule has 0 bridgehead atoms. The monoisotopic (exact) mass is 480 g/mol. The average molecular weight is 481 g/mol. The number of methoxy groups -OCH3 is 1. The third-order valence-corrected chi connectivity index (χ3v) is 10.0. The molecule has 7 unspecified atom stereocenters. The van der Waals surface area contributed by atoms with Gasteiger partial charge in [-0.2, -0.15) is 0 Å². The summed E-state index contributed by atoms with van der Waals surface area (Å²) >= 11 is 0. The highest BCUT2D eigenvalue weighted by molar-refractivity contribution is 5.74. The first kappa shape index (κ1) is 31.5. The minimum absolute atomic E-state index is 0.425. The number of aliphatic hydroxyl groups is 1. The lowest BCUT2D eigenvalue weighted by atomic mass is 9.45. The molecule has 4 fully saturated rings. The van der Waals surface area contributed by atoms with Gasteiger partial charge in [-0.1, -0.05) is 74.7 Å². The molecule has 0 spiro atoms. The molecule has 0 aliphatic heterocycles. The summed E-state index contributed by atoms with van der Waals surface area (Å²) in [6, 6.07) is 0. The smallest absolute Gasteiger partial charge is 0.334 e. The van der Waals surface area contributed by atoms with Crippen molar-refractivity contribution in [3.63, 3.8) is 0 Å². The lowest BCUT2D eigenvalue weighted by Crippen LogP contribution is -2.52. The van der Waals surface area contributed by atoms with Gasteiger partial charge in [0.25, 0.3) is 0 Å². The van der Waals surface area contributed by atoms with Gasteiger partial charge in [0.1, 0.15) is 0 Å². The Balaban J connectivity index is 0.000000750. The number of fused-ring (bicyclic) bond motifs is 5. The second-order valence-corrected chi connectivity index (χ2v) is 11.5. The van der Waals surface area contributed by atoms with E-state index in [2.05, 4.69) is 27.7 Å². The molecule has 0 amide bonds. The number of ether oxygens (including phenoxy) is 1. The zero-order chi connectivity index (χ0) is 25.9. The zero-order valence-corrected chi connectivity index (χ0v) is 24.4. The lowest BCUT2D eigenvalue weighted by molar-refractivity contribution is -0.151. The summed E-state index contributed by atoms with van der Waals surface area (Å²) in [5, 5.41) is 10.0. The summed E-state index contributed by atoms with van der Waals surface area (Å²) in [7, 11) is 1.36. The first-order chi connectivity index (χ1) is 16.3. The van der Waals surface area contributed by atoms with Crippen LogP contribution in [0.25, 0.3) is 0 Å². The number of carbonyl (C=O) groups is 1. The van der Waals surface area contributed by atoms with Crippen molar-refractivity contribution in [2.45, 2.75) is 145 Å². The maximum atomic E-state index is 11.6. The van der Waals surface area contributed by atoms with Gasteiger partial charge >= 0.3 is 5.97 Å². The molecule has 1 N–H and O–H groups in total. The van der Waals surface area contributed by atoms with Crippen LogP contribution in [0.15, 0.2) is 0 Å². The first-order valence-corrected chi connectivity index (χ1v) is 15.1. The van der Waals surface area contributed by atoms with E-state index in [9.17, 15) is 9.90 Å². The topological polar surface area (TPSA) is 46.5 Å². The van der Waals surface area contributed by atoms with Crippen molar-refractivity contribution in [3.8, 4) is 0 Å². The highest BCUT2D eigenvalue weighted by Gasteiger charge is 2.59. The van der Waals surface area contributed by atoms with Crippen LogP contribution in [0.2, 0.25) is 0 Å². The molecule has 34 heavy (non-hydrogen) atoms.